The van der Waals surface area contributed by atoms with E-state index in [9.17, 15) is 4.79 Å². The quantitative estimate of drug-likeness (QED) is 0.830. The number of ether oxygens (including phenoxy) is 1. The summed E-state index contributed by atoms with van der Waals surface area (Å²) in [6.07, 6.45) is 0. The molecule has 0 aliphatic carbocycles. The summed E-state index contributed by atoms with van der Waals surface area (Å²) in [5, 5.41) is 3.03. The van der Waals surface area contributed by atoms with Crippen LogP contribution in [0.3, 0.4) is 0 Å². The van der Waals surface area contributed by atoms with Crippen molar-refractivity contribution in [3.63, 3.8) is 0 Å². The van der Waals surface area contributed by atoms with Crippen LogP contribution in [0.4, 0.5) is 0 Å². The van der Waals surface area contributed by atoms with Gasteiger partial charge in [0.1, 0.15) is 5.75 Å². The number of benzene rings is 2. The Bertz CT molecular complexity index is 640. The molecule has 0 aromatic heterocycles. The fourth-order valence-electron chi connectivity index (χ4n) is 2.28. The molecule has 3 nitrogen and oxygen atoms in total. The van der Waals surface area contributed by atoms with Crippen LogP contribution in [0.1, 0.15) is 29.7 Å². The Kier molecular flexibility index (Phi) is 6.53. The number of thioether (sulfide) groups is 1. The number of carbonyl (C=O) groups excluding carboxylic acids is 1. The maximum atomic E-state index is 12.1. The number of carbonyl (C=O) groups is 1. The minimum atomic E-state index is -0.00697. The average molecular weight is 329 g/mol. The van der Waals surface area contributed by atoms with Crippen LogP contribution in [0.25, 0.3) is 0 Å². The molecule has 0 saturated carbocycles. The van der Waals surface area contributed by atoms with Crippen molar-refractivity contribution in [2.24, 2.45) is 0 Å². The zero-order valence-corrected chi connectivity index (χ0v) is 14.7. The predicted octanol–water partition coefficient (Wildman–Crippen LogP) is 4.11. The van der Waals surface area contributed by atoms with E-state index in [4.69, 9.17) is 4.74 Å². The van der Waals surface area contributed by atoms with E-state index in [1.807, 2.05) is 43.3 Å². The Hall–Kier alpha value is -1.94. The molecule has 0 fully saturated rings. The van der Waals surface area contributed by atoms with Gasteiger partial charge in [0.25, 0.3) is 0 Å². The molecule has 2 aromatic rings. The first kappa shape index (κ1) is 17.4. The normalized spacial score (nSPS) is 11.8. The van der Waals surface area contributed by atoms with Crippen LogP contribution < -0.4 is 10.1 Å². The molecule has 122 valence electrons. The maximum Gasteiger partial charge on any atom is 0.230 e. The van der Waals surface area contributed by atoms with E-state index in [0.29, 0.717) is 5.75 Å². The van der Waals surface area contributed by atoms with Gasteiger partial charge in [0.05, 0.1) is 18.9 Å². The molecular weight excluding hydrogens is 306 g/mol. The zero-order chi connectivity index (χ0) is 16.7. The molecule has 4 heteroatoms. The highest BCUT2D eigenvalue weighted by Crippen LogP contribution is 2.18. The molecule has 0 heterocycles. The van der Waals surface area contributed by atoms with E-state index in [1.54, 1.807) is 18.9 Å². The molecule has 0 spiro atoms. The van der Waals surface area contributed by atoms with Crippen molar-refractivity contribution in [3.05, 3.63) is 65.2 Å². The SMILES string of the molecule is COc1ccc([C@@H](C)NC(=O)CSCc2ccccc2C)cc1. The second-order valence-electron chi connectivity index (χ2n) is 5.48. The van der Waals surface area contributed by atoms with Crippen molar-refractivity contribution < 1.29 is 9.53 Å². The van der Waals surface area contributed by atoms with Crippen molar-refractivity contribution in [3.8, 4) is 5.75 Å². The highest BCUT2D eigenvalue weighted by molar-refractivity contribution is 7.99. The lowest BCUT2D eigenvalue weighted by Gasteiger charge is -2.15. The first-order valence-corrected chi connectivity index (χ1v) is 8.81. The summed E-state index contributed by atoms with van der Waals surface area (Å²) in [4.78, 5) is 12.1. The topological polar surface area (TPSA) is 38.3 Å². The number of methoxy groups -OCH3 is 1. The van der Waals surface area contributed by atoms with Gasteiger partial charge in [-0.05, 0) is 42.7 Å². The highest BCUT2D eigenvalue weighted by Gasteiger charge is 2.10. The van der Waals surface area contributed by atoms with E-state index in [2.05, 4.69) is 24.4 Å². The van der Waals surface area contributed by atoms with E-state index >= 15 is 0 Å². The Labute approximate surface area is 142 Å². The van der Waals surface area contributed by atoms with Gasteiger partial charge in [-0.15, -0.1) is 11.8 Å². The summed E-state index contributed by atoms with van der Waals surface area (Å²) in [5.74, 6) is 2.21. The van der Waals surface area contributed by atoms with Gasteiger partial charge in [0.2, 0.25) is 5.91 Å². The second-order valence-corrected chi connectivity index (χ2v) is 6.47. The Balaban J connectivity index is 1.78. The molecule has 23 heavy (non-hydrogen) atoms. The van der Waals surface area contributed by atoms with Gasteiger partial charge in [-0.2, -0.15) is 0 Å². The third-order valence-corrected chi connectivity index (χ3v) is 4.73. The monoisotopic (exact) mass is 329 g/mol. The van der Waals surface area contributed by atoms with E-state index in [-0.39, 0.29) is 11.9 Å². The lowest BCUT2D eigenvalue weighted by molar-refractivity contribution is -0.119. The van der Waals surface area contributed by atoms with Crippen molar-refractivity contribution in [1.29, 1.82) is 0 Å². The molecule has 0 bridgehead atoms. The van der Waals surface area contributed by atoms with Crippen LogP contribution in [0.5, 0.6) is 5.75 Å². The summed E-state index contributed by atoms with van der Waals surface area (Å²) in [6.45, 7) is 4.09. The van der Waals surface area contributed by atoms with Gasteiger partial charge < -0.3 is 10.1 Å². The van der Waals surface area contributed by atoms with Crippen LogP contribution in [0, 0.1) is 6.92 Å². The first-order valence-electron chi connectivity index (χ1n) is 7.65. The van der Waals surface area contributed by atoms with Gasteiger partial charge in [-0.3, -0.25) is 4.79 Å². The fourth-order valence-corrected chi connectivity index (χ4v) is 3.20. The molecule has 2 aromatic carbocycles. The number of aryl methyl sites for hydroxylation is 1. The summed E-state index contributed by atoms with van der Waals surface area (Å²) < 4.78 is 5.14. The lowest BCUT2D eigenvalue weighted by atomic mass is 10.1. The number of hydrogen-bond acceptors (Lipinski definition) is 3. The number of rotatable bonds is 7. The molecule has 0 saturated heterocycles. The number of nitrogens with one attached hydrogen (secondary N) is 1. The molecule has 0 unspecified atom stereocenters. The van der Waals surface area contributed by atoms with Crippen LogP contribution >= 0.6 is 11.8 Å². The lowest BCUT2D eigenvalue weighted by Crippen LogP contribution is -2.28. The molecule has 0 aliphatic heterocycles. The van der Waals surface area contributed by atoms with Crippen LogP contribution in [0.2, 0.25) is 0 Å². The van der Waals surface area contributed by atoms with Crippen molar-refractivity contribution in [2.45, 2.75) is 25.6 Å². The molecule has 0 radical (unpaired) electrons. The third-order valence-electron chi connectivity index (χ3n) is 3.75. The minimum absolute atomic E-state index is 0.00697. The van der Waals surface area contributed by atoms with E-state index in [1.165, 1.54) is 11.1 Å². The van der Waals surface area contributed by atoms with Crippen molar-refractivity contribution in [2.75, 3.05) is 12.9 Å². The van der Waals surface area contributed by atoms with Crippen molar-refractivity contribution in [1.82, 2.24) is 5.32 Å². The molecule has 2 rings (SSSR count). The Morgan fingerprint density at radius 1 is 1.17 bits per heavy atom. The highest BCUT2D eigenvalue weighted by atomic mass is 32.2. The largest absolute Gasteiger partial charge is 0.497 e. The summed E-state index contributed by atoms with van der Waals surface area (Å²) >= 11 is 1.64. The summed E-state index contributed by atoms with van der Waals surface area (Å²) in [5.41, 5.74) is 3.63. The number of amides is 1. The van der Waals surface area contributed by atoms with Gasteiger partial charge in [-0.1, -0.05) is 36.4 Å². The van der Waals surface area contributed by atoms with Crippen LogP contribution in [0.15, 0.2) is 48.5 Å². The maximum absolute atomic E-state index is 12.1. The fraction of sp³-hybridized carbons (Fsp3) is 0.316. The van der Waals surface area contributed by atoms with Gasteiger partial charge in [0, 0.05) is 5.75 Å². The summed E-state index contributed by atoms with van der Waals surface area (Å²) in [7, 11) is 1.64. The average Bonchev–Trinajstić information content (AvgIpc) is 2.56. The van der Waals surface area contributed by atoms with Crippen LogP contribution in [-0.4, -0.2) is 18.8 Å². The predicted molar refractivity (Wildman–Crippen MR) is 96.9 cm³/mol. The smallest absolute Gasteiger partial charge is 0.230 e. The zero-order valence-electron chi connectivity index (χ0n) is 13.8. The van der Waals surface area contributed by atoms with Crippen LogP contribution in [-0.2, 0) is 10.5 Å². The standard InChI is InChI=1S/C19H23NO2S/c1-14-6-4-5-7-17(14)12-23-13-19(21)20-15(2)16-8-10-18(22-3)11-9-16/h4-11,15H,12-13H2,1-3H3,(H,20,21)/t15-/m1/s1. The first-order chi connectivity index (χ1) is 11.1. The molecule has 0 aliphatic rings. The molecule has 1 amide bonds. The van der Waals surface area contributed by atoms with Gasteiger partial charge >= 0.3 is 0 Å². The van der Waals surface area contributed by atoms with Gasteiger partial charge in [-0.25, -0.2) is 0 Å². The molecule has 1 N–H and O–H groups in total. The van der Waals surface area contributed by atoms with E-state index in [0.717, 1.165) is 17.1 Å². The Morgan fingerprint density at radius 3 is 2.52 bits per heavy atom. The summed E-state index contributed by atoms with van der Waals surface area (Å²) in [6, 6.07) is 16.0. The third kappa shape index (κ3) is 5.32. The Morgan fingerprint density at radius 2 is 1.87 bits per heavy atom. The van der Waals surface area contributed by atoms with E-state index < -0.39 is 0 Å². The number of hydrogen-bond donors (Lipinski definition) is 1. The minimum Gasteiger partial charge on any atom is -0.497 e. The van der Waals surface area contributed by atoms with Gasteiger partial charge in [0.15, 0.2) is 0 Å². The van der Waals surface area contributed by atoms with Crippen molar-refractivity contribution >= 4 is 17.7 Å². The second kappa shape index (κ2) is 8.63. The molecule has 1 atom stereocenters. The molecular formula is C19H23NO2S.